The Morgan fingerprint density at radius 1 is 1.31 bits per heavy atom. The van der Waals surface area contributed by atoms with Gasteiger partial charge in [-0.1, -0.05) is 37.6 Å². The number of phenolic OH excluding ortho intramolecular Hbond substituents is 1. The zero-order chi connectivity index (χ0) is 25.7. The maximum atomic E-state index is 14.5. The molecule has 2 heterocycles. The molecule has 35 heavy (non-hydrogen) atoms. The van der Waals surface area contributed by atoms with Crippen molar-refractivity contribution in [2.75, 3.05) is 7.11 Å². The summed E-state index contributed by atoms with van der Waals surface area (Å²) in [5.74, 6) is -0.491. The molecule has 0 radical (unpaired) electrons. The molecule has 0 amide bonds. The van der Waals surface area contributed by atoms with Gasteiger partial charge >= 0.3 is 0 Å². The lowest BCUT2D eigenvalue weighted by Crippen LogP contribution is -2.68. The zero-order valence-electron chi connectivity index (χ0n) is 21.6. The lowest BCUT2D eigenvalue weighted by atomic mass is 9.53. The number of aromatic hydroxyl groups is 1. The number of carbonyl (C=O) groups excluding carboxylic acids is 2. The molecule has 2 aliphatic heterocycles. The van der Waals surface area contributed by atoms with Crippen molar-refractivity contribution in [1.82, 2.24) is 0 Å². The van der Waals surface area contributed by atoms with Crippen LogP contribution in [0.5, 0.6) is 17.2 Å². The number of carbonyl (C=O) groups is 2. The van der Waals surface area contributed by atoms with Crippen molar-refractivity contribution >= 4 is 11.6 Å². The third-order valence-electron chi connectivity index (χ3n) is 8.51. The summed E-state index contributed by atoms with van der Waals surface area (Å²) < 4.78 is 18.9. The second-order valence-electron chi connectivity index (χ2n) is 11.7. The highest BCUT2D eigenvalue weighted by molar-refractivity contribution is 6.21. The van der Waals surface area contributed by atoms with Gasteiger partial charge in [0.1, 0.15) is 28.4 Å². The van der Waals surface area contributed by atoms with Crippen LogP contribution in [-0.4, -0.2) is 40.6 Å². The van der Waals surface area contributed by atoms with E-state index < -0.39 is 22.2 Å². The molecule has 186 valence electrons. The number of hydrogen-bond acceptors (Lipinski definition) is 6. The van der Waals surface area contributed by atoms with Crippen molar-refractivity contribution in [3.05, 3.63) is 53.1 Å². The number of ketones is 2. The fraction of sp³-hybridized carbons (Fsp3) is 0.517. The van der Waals surface area contributed by atoms with Gasteiger partial charge in [0.25, 0.3) is 0 Å². The molecule has 3 aliphatic carbocycles. The Morgan fingerprint density at radius 2 is 2.00 bits per heavy atom. The lowest BCUT2D eigenvalue weighted by molar-refractivity contribution is -0.166. The first-order valence-electron chi connectivity index (χ1n) is 12.2. The van der Waals surface area contributed by atoms with E-state index in [9.17, 15) is 14.7 Å². The summed E-state index contributed by atoms with van der Waals surface area (Å²) in [6.45, 7) is 15.8. The molecule has 1 spiro atoms. The van der Waals surface area contributed by atoms with E-state index in [1.54, 1.807) is 6.08 Å². The summed E-state index contributed by atoms with van der Waals surface area (Å²) in [6, 6.07) is 1.44. The van der Waals surface area contributed by atoms with E-state index in [4.69, 9.17) is 14.2 Å². The van der Waals surface area contributed by atoms with Crippen LogP contribution in [0.3, 0.4) is 0 Å². The van der Waals surface area contributed by atoms with Gasteiger partial charge in [-0.05, 0) is 27.7 Å². The molecule has 1 saturated heterocycles. The van der Waals surface area contributed by atoms with Crippen molar-refractivity contribution in [3.63, 3.8) is 0 Å². The van der Waals surface area contributed by atoms with Crippen LogP contribution < -0.4 is 9.47 Å². The van der Waals surface area contributed by atoms with Crippen molar-refractivity contribution < 1.29 is 28.9 Å². The van der Waals surface area contributed by atoms with Crippen molar-refractivity contribution in [2.45, 2.75) is 76.6 Å². The Bertz CT molecular complexity index is 1240. The topological polar surface area (TPSA) is 82.1 Å². The number of rotatable bonds is 5. The molecule has 1 saturated carbocycles. The number of Topliss-reactive ketones (excluding diaryl/α,β-unsaturated/α-hetero) is 2. The summed E-state index contributed by atoms with van der Waals surface area (Å²) >= 11 is 0. The quantitative estimate of drug-likeness (QED) is 0.584. The highest BCUT2D eigenvalue weighted by Gasteiger charge is 2.76. The zero-order valence-corrected chi connectivity index (χ0v) is 21.6. The van der Waals surface area contributed by atoms with Gasteiger partial charge in [-0.15, -0.1) is 6.58 Å². The molecule has 6 heteroatoms. The SMILES string of the molecule is C=CC(C)(C)c1c(OC)cc(O)c2c1O[C@@]13C[C@H]4[C@@H](C=C1C2=O)[C@](CC=C(C)C)(OC4(C)C)C3=O. The van der Waals surface area contributed by atoms with E-state index in [0.717, 1.165) is 5.57 Å². The number of allylic oxidation sites excluding steroid dienone is 2. The Balaban J connectivity index is 1.79. The second kappa shape index (κ2) is 7.10. The largest absolute Gasteiger partial charge is 0.507 e. The predicted molar refractivity (Wildman–Crippen MR) is 132 cm³/mol. The lowest BCUT2D eigenvalue weighted by Gasteiger charge is -2.53. The Hall–Kier alpha value is -2.86. The van der Waals surface area contributed by atoms with Crippen molar-refractivity contribution in [2.24, 2.45) is 11.8 Å². The fourth-order valence-corrected chi connectivity index (χ4v) is 6.64. The smallest absolute Gasteiger partial charge is 0.213 e. The maximum Gasteiger partial charge on any atom is 0.213 e. The molecule has 1 aromatic rings. The minimum absolute atomic E-state index is 0.000989. The number of fused-ring (bicyclic) bond motifs is 1. The highest BCUT2D eigenvalue weighted by Crippen LogP contribution is 2.65. The number of ether oxygens (including phenoxy) is 3. The average molecular weight is 479 g/mol. The van der Waals surface area contributed by atoms with Gasteiger partial charge in [-0.3, -0.25) is 9.59 Å². The van der Waals surface area contributed by atoms with Gasteiger partial charge in [0, 0.05) is 47.3 Å². The molecule has 4 bridgehead atoms. The highest BCUT2D eigenvalue weighted by atomic mass is 16.6. The minimum atomic E-state index is -1.47. The van der Waals surface area contributed by atoms with Gasteiger partial charge in [0.15, 0.2) is 5.60 Å². The normalized spacial score (nSPS) is 31.8. The van der Waals surface area contributed by atoms with Crippen molar-refractivity contribution in [1.29, 1.82) is 0 Å². The molecule has 6 rings (SSSR count). The van der Waals surface area contributed by atoms with Crippen LogP contribution in [0.4, 0.5) is 0 Å². The number of hydrogen-bond donors (Lipinski definition) is 1. The summed E-state index contributed by atoms with van der Waals surface area (Å²) in [6.07, 6.45) is 6.44. The number of phenols is 1. The second-order valence-corrected chi connectivity index (χ2v) is 11.7. The summed E-state index contributed by atoms with van der Waals surface area (Å²) in [5, 5.41) is 10.9. The summed E-state index contributed by atoms with van der Waals surface area (Å²) in [5.41, 5.74) is -1.74. The van der Waals surface area contributed by atoms with Gasteiger partial charge in [0.2, 0.25) is 11.6 Å². The first-order valence-corrected chi connectivity index (χ1v) is 12.2. The van der Waals surface area contributed by atoms with E-state index in [0.29, 0.717) is 29.7 Å². The van der Waals surface area contributed by atoms with E-state index in [1.807, 2.05) is 53.7 Å². The standard InChI is InChI=1S/C29H34O6/c1-9-26(4,5)22-20(33-8)13-19(30)21-23(31)17-12-16-18-14-29(17,34-24(21)22)25(32)28(16,11-10-15(2)3)35-27(18,6)7/h9-10,12-13,16,18,30H,1,11,14H2,2-8H3/t16-,18+,28+,29+/m1/s1. The first-order chi connectivity index (χ1) is 16.3. The van der Waals surface area contributed by atoms with Crippen molar-refractivity contribution in [3.8, 4) is 17.2 Å². The molecule has 0 unspecified atom stereocenters. The van der Waals surface area contributed by atoms with E-state index in [2.05, 4.69) is 6.58 Å². The maximum absolute atomic E-state index is 14.5. The summed E-state index contributed by atoms with van der Waals surface area (Å²) in [4.78, 5) is 28.4. The van der Waals surface area contributed by atoms with E-state index in [-0.39, 0.29) is 40.5 Å². The van der Waals surface area contributed by atoms with E-state index in [1.165, 1.54) is 13.2 Å². The molecule has 4 atom stereocenters. The number of benzene rings is 1. The molecule has 2 fully saturated rings. The van der Waals surface area contributed by atoms with Crippen LogP contribution in [-0.2, 0) is 14.9 Å². The van der Waals surface area contributed by atoms with Gasteiger partial charge in [-0.2, -0.15) is 0 Å². The molecular formula is C29H34O6. The van der Waals surface area contributed by atoms with Crippen LogP contribution in [0, 0.1) is 11.8 Å². The van der Waals surface area contributed by atoms with Crippen LogP contribution in [0.15, 0.2) is 42.0 Å². The van der Waals surface area contributed by atoms with Crippen LogP contribution >= 0.6 is 0 Å². The molecule has 1 N–H and O–H groups in total. The monoisotopic (exact) mass is 478 g/mol. The minimum Gasteiger partial charge on any atom is -0.507 e. The Morgan fingerprint density at radius 3 is 2.60 bits per heavy atom. The van der Waals surface area contributed by atoms with E-state index >= 15 is 0 Å². The third-order valence-corrected chi connectivity index (χ3v) is 8.51. The average Bonchev–Trinajstić information content (AvgIpc) is 2.98. The fourth-order valence-electron chi connectivity index (χ4n) is 6.64. The van der Waals surface area contributed by atoms with Crippen LogP contribution in [0.2, 0.25) is 0 Å². The number of methoxy groups -OCH3 is 1. The van der Waals surface area contributed by atoms with Gasteiger partial charge in [-0.25, -0.2) is 0 Å². The molecule has 0 aromatic heterocycles. The molecule has 6 nitrogen and oxygen atoms in total. The van der Waals surface area contributed by atoms with Crippen LogP contribution in [0.25, 0.3) is 0 Å². The van der Waals surface area contributed by atoms with Crippen LogP contribution in [0.1, 0.15) is 70.3 Å². The Labute approximate surface area is 206 Å². The predicted octanol–water partition coefficient (Wildman–Crippen LogP) is 5.23. The summed E-state index contributed by atoms with van der Waals surface area (Å²) in [7, 11) is 1.50. The third kappa shape index (κ3) is 2.86. The molecular weight excluding hydrogens is 444 g/mol. The van der Waals surface area contributed by atoms with Gasteiger partial charge < -0.3 is 19.3 Å². The molecule has 1 aromatic carbocycles. The van der Waals surface area contributed by atoms with Gasteiger partial charge in [0.05, 0.1) is 12.7 Å². The molecule has 5 aliphatic rings. The first kappa shape index (κ1) is 23.9. The Kier molecular flexibility index (Phi) is 4.84.